The van der Waals surface area contributed by atoms with E-state index in [2.05, 4.69) is 10.6 Å². The zero-order valence-corrected chi connectivity index (χ0v) is 10.4. The Labute approximate surface area is 96.1 Å². The van der Waals surface area contributed by atoms with Crippen molar-refractivity contribution in [2.24, 2.45) is 11.5 Å². The zero-order valence-electron chi connectivity index (χ0n) is 10.4. The fourth-order valence-electron chi connectivity index (χ4n) is 0.808. The van der Waals surface area contributed by atoms with Crippen LogP contribution < -0.4 is 22.1 Å². The van der Waals surface area contributed by atoms with Gasteiger partial charge < -0.3 is 22.1 Å². The van der Waals surface area contributed by atoms with E-state index in [0.717, 1.165) is 0 Å². The Bertz CT molecular complexity index is 235. The number of hydrogen-bond acceptors (Lipinski definition) is 4. The number of nitrogens with two attached hydrogens (primary N) is 2. The minimum Gasteiger partial charge on any atom is -0.353 e. The van der Waals surface area contributed by atoms with Crippen LogP contribution in [0.1, 0.15) is 27.7 Å². The molecule has 6 heteroatoms. The first-order valence-corrected chi connectivity index (χ1v) is 5.19. The molecule has 94 valence electrons. The maximum Gasteiger partial charge on any atom is 0.239 e. The Hall–Kier alpha value is -1.14. The van der Waals surface area contributed by atoms with Crippen molar-refractivity contribution in [1.29, 1.82) is 0 Å². The van der Waals surface area contributed by atoms with Crippen LogP contribution in [0.4, 0.5) is 0 Å². The van der Waals surface area contributed by atoms with Crippen LogP contribution in [-0.4, -0.2) is 36.0 Å². The average molecular weight is 230 g/mol. The summed E-state index contributed by atoms with van der Waals surface area (Å²) >= 11 is 0. The number of rotatable bonds is 5. The number of amides is 2. The second-order valence-electron chi connectivity index (χ2n) is 4.96. The molecule has 6 nitrogen and oxygen atoms in total. The molecule has 0 saturated heterocycles. The van der Waals surface area contributed by atoms with Crippen LogP contribution in [0, 0.1) is 0 Å². The zero-order chi connectivity index (χ0) is 13.0. The van der Waals surface area contributed by atoms with Gasteiger partial charge in [0.1, 0.15) is 0 Å². The van der Waals surface area contributed by atoms with E-state index in [1.165, 1.54) is 0 Å². The summed E-state index contributed by atoms with van der Waals surface area (Å²) in [4.78, 5) is 22.7. The van der Waals surface area contributed by atoms with E-state index in [1.54, 1.807) is 27.7 Å². The highest BCUT2D eigenvalue weighted by Gasteiger charge is 2.22. The van der Waals surface area contributed by atoms with Crippen LogP contribution in [-0.2, 0) is 9.59 Å². The Morgan fingerprint density at radius 2 is 1.12 bits per heavy atom. The molecule has 0 bridgehead atoms. The molecule has 0 radical (unpaired) electrons. The van der Waals surface area contributed by atoms with Gasteiger partial charge in [-0.05, 0) is 27.7 Å². The predicted molar refractivity (Wildman–Crippen MR) is 62.6 cm³/mol. The predicted octanol–water partition coefficient (Wildman–Crippen LogP) is -1.31. The molecular formula is C10H22N4O2. The molecule has 0 aliphatic carbocycles. The van der Waals surface area contributed by atoms with Crippen LogP contribution >= 0.6 is 0 Å². The smallest absolute Gasteiger partial charge is 0.239 e. The first-order chi connectivity index (χ1) is 7.05. The molecule has 0 aliphatic rings. The summed E-state index contributed by atoms with van der Waals surface area (Å²) in [6.07, 6.45) is 0. The van der Waals surface area contributed by atoms with Crippen molar-refractivity contribution < 1.29 is 9.59 Å². The topological polar surface area (TPSA) is 110 Å². The van der Waals surface area contributed by atoms with Gasteiger partial charge in [-0.1, -0.05) is 0 Å². The molecule has 0 aliphatic heterocycles. The van der Waals surface area contributed by atoms with E-state index < -0.39 is 11.1 Å². The Morgan fingerprint density at radius 3 is 1.31 bits per heavy atom. The van der Waals surface area contributed by atoms with Crippen molar-refractivity contribution in [2.45, 2.75) is 38.8 Å². The minimum atomic E-state index is -0.906. The first-order valence-electron chi connectivity index (χ1n) is 5.19. The molecule has 0 aromatic carbocycles. The molecule has 6 N–H and O–H groups in total. The molecule has 0 saturated carbocycles. The molecule has 0 rings (SSSR count). The third-order valence-corrected chi connectivity index (χ3v) is 1.87. The van der Waals surface area contributed by atoms with Crippen molar-refractivity contribution in [3.63, 3.8) is 0 Å². The standard InChI is InChI=1S/C10H22N4O2/c1-9(2,11)7(15)13-5-6-14-8(16)10(3,4)12/h5-6,11-12H2,1-4H3,(H,13,15)(H,14,16). The van der Waals surface area contributed by atoms with Crippen LogP contribution in [0.3, 0.4) is 0 Å². The largest absolute Gasteiger partial charge is 0.353 e. The lowest BCUT2D eigenvalue weighted by atomic mass is 10.1. The van der Waals surface area contributed by atoms with Gasteiger partial charge in [0.15, 0.2) is 0 Å². The lowest BCUT2D eigenvalue weighted by molar-refractivity contribution is -0.126. The highest BCUT2D eigenvalue weighted by molar-refractivity contribution is 5.86. The normalized spacial score (nSPS) is 12.1. The SMILES string of the molecule is CC(C)(N)C(=O)NCCNC(=O)C(C)(C)N. The molecular weight excluding hydrogens is 208 g/mol. The third kappa shape index (κ3) is 5.67. The lowest BCUT2D eigenvalue weighted by Crippen LogP contribution is -2.53. The van der Waals surface area contributed by atoms with E-state index in [4.69, 9.17) is 11.5 Å². The molecule has 0 spiro atoms. The molecule has 0 fully saturated rings. The van der Waals surface area contributed by atoms with Gasteiger partial charge in [-0.3, -0.25) is 9.59 Å². The summed E-state index contributed by atoms with van der Waals surface area (Å²) in [5, 5.41) is 5.22. The summed E-state index contributed by atoms with van der Waals surface area (Å²) in [5.41, 5.74) is 9.33. The fraction of sp³-hybridized carbons (Fsp3) is 0.800. The first kappa shape index (κ1) is 14.9. The summed E-state index contributed by atoms with van der Waals surface area (Å²) < 4.78 is 0. The Balaban J connectivity index is 3.79. The van der Waals surface area contributed by atoms with E-state index in [0.29, 0.717) is 13.1 Å². The maximum atomic E-state index is 11.3. The number of carbonyl (C=O) groups excluding carboxylic acids is 2. The van der Waals surface area contributed by atoms with Gasteiger partial charge in [0.05, 0.1) is 11.1 Å². The maximum absolute atomic E-state index is 11.3. The fourth-order valence-corrected chi connectivity index (χ4v) is 0.808. The summed E-state index contributed by atoms with van der Waals surface area (Å²) in [6, 6.07) is 0. The number of carbonyl (C=O) groups is 2. The summed E-state index contributed by atoms with van der Waals surface area (Å²) in [7, 11) is 0. The van der Waals surface area contributed by atoms with Gasteiger partial charge in [0.25, 0.3) is 0 Å². The molecule has 2 amide bonds. The van der Waals surface area contributed by atoms with Gasteiger partial charge in [0, 0.05) is 13.1 Å². The number of hydrogen-bond donors (Lipinski definition) is 4. The van der Waals surface area contributed by atoms with Crippen LogP contribution in [0.2, 0.25) is 0 Å². The van der Waals surface area contributed by atoms with Gasteiger partial charge in [0.2, 0.25) is 11.8 Å². The molecule has 0 atom stereocenters. The van der Waals surface area contributed by atoms with Gasteiger partial charge >= 0.3 is 0 Å². The van der Waals surface area contributed by atoms with Crippen molar-refractivity contribution in [1.82, 2.24) is 10.6 Å². The molecule has 0 heterocycles. The van der Waals surface area contributed by atoms with Crippen molar-refractivity contribution in [3.05, 3.63) is 0 Å². The average Bonchev–Trinajstić information content (AvgIpc) is 2.08. The molecule has 0 aromatic heterocycles. The second-order valence-corrected chi connectivity index (χ2v) is 4.96. The van der Waals surface area contributed by atoms with Crippen molar-refractivity contribution in [3.8, 4) is 0 Å². The second kappa shape index (κ2) is 5.27. The van der Waals surface area contributed by atoms with Gasteiger partial charge in [-0.2, -0.15) is 0 Å². The van der Waals surface area contributed by atoms with Crippen molar-refractivity contribution in [2.75, 3.05) is 13.1 Å². The molecule has 16 heavy (non-hydrogen) atoms. The van der Waals surface area contributed by atoms with Crippen molar-refractivity contribution >= 4 is 11.8 Å². The molecule has 0 aromatic rings. The Kier molecular flexibility index (Phi) is 4.89. The van der Waals surface area contributed by atoms with Crippen LogP contribution in [0.5, 0.6) is 0 Å². The van der Waals surface area contributed by atoms with Gasteiger partial charge in [-0.15, -0.1) is 0 Å². The number of nitrogens with one attached hydrogen (secondary N) is 2. The quantitative estimate of drug-likeness (QED) is 0.440. The van der Waals surface area contributed by atoms with Crippen LogP contribution in [0.25, 0.3) is 0 Å². The highest BCUT2D eigenvalue weighted by Crippen LogP contribution is 1.96. The minimum absolute atomic E-state index is 0.256. The van der Waals surface area contributed by atoms with E-state index >= 15 is 0 Å². The van der Waals surface area contributed by atoms with Crippen LogP contribution in [0.15, 0.2) is 0 Å². The highest BCUT2D eigenvalue weighted by atomic mass is 16.2. The monoisotopic (exact) mass is 230 g/mol. The van der Waals surface area contributed by atoms with E-state index in [1.807, 2.05) is 0 Å². The van der Waals surface area contributed by atoms with E-state index in [-0.39, 0.29) is 11.8 Å². The summed E-state index contributed by atoms with van der Waals surface area (Å²) in [5.74, 6) is -0.512. The summed E-state index contributed by atoms with van der Waals surface area (Å²) in [6.45, 7) is 7.13. The third-order valence-electron chi connectivity index (χ3n) is 1.87. The van der Waals surface area contributed by atoms with Gasteiger partial charge in [-0.25, -0.2) is 0 Å². The lowest BCUT2D eigenvalue weighted by Gasteiger charge is -2.20. The van der Waals surface area contributed by atoms with E-state index in [9.17, 15) is 9.59 Å². The Morgan fingerprint density at radius 1 is 0.875 bits per heavy atom. The molecule has 0 unspecified atom stereocenters.